The summed E-state index contributed by atoms with van der Waals surface area (Å²) >= 11 is 0. The van der Waals surface area contributed by atoms with Crippen LogP contribution in [0.2, 0.25) is 0 Å². The SMILES string of the molecule is NC(=O)c1cccc2c(OCc3cccc(C(=O)Oc4ccccc4)c3)ncnc12. The lowest BCUT2D eigenvalue weighted by Gasteiger charge is -2.10. The predicted molar refractivity (Wildman–Crippen MR) is 110 cm³/mol. The highest BCUT2D eigenvalue weighted by Crippen LogP contribution is 2.24. The van der Waals surface area contributed by atoms with Crippen molar-refractivity contribution in [3.63, 3.8) is 0 Å². The zero-order chi connectivity index (χ0) is 20.9. The number of nitrogens with zero attached hydrogens (tertiary/aromatic N) is 2. The number of nitrogens with two attached hydrogens (primary N) is 1. The quantitative estimate of drug-likeness (QED) is 0.393. The van der Waals surface area contributed by atoms with Gasteiger partial charge in [0.15, 0.2) is 0 Å². The van der Waals surface area contributed by atoms with Crippen molar-refractivity contribution in [3.05, 3.63) is 95.8 Å². The summed E-state index contributed by atoms with van der Waals surface area (Å²) in [6, 6.07) is 20.9. The lowest BCUT2D eigenvalue weighted by molar-refractivity contribution is 0.0734. The normalized spacial score (nSPS) is 10.5. The van der Waals surface area contributed by atoms with Crippen LogP contribution in [0.5, 0.6) is 11.6 Å². The zero-order valence-corrected chi connectivity index (χ0v) is 15.8. The van der Waals surface area contributed by atoms with Crippen molar-refractivity contribution in [2.24, 2.45) is 5.73 Å². The van der Waals surface area contributed by atoms with Gasteiger partial charge >= 0.3 is 5.97 Å². The van der Waals surface area contributed by atoms with Gasteiger partial charge in [0.05, 0.1) is 22.0 Å². The maximum Gasteiger partial charge on any atom is 0.343 e. The Bertz CT molecular complexity index is 1230. The lowest BCUT2D eigenvalue weighted by Crippen LogP contribution is -2.12. The Morgan fingerprint density at radius 2 is 1.70 bits per heavy atom. The number of carbonyl (C=O) groups is 2. The largest absolute Gasteiger partial charge is 0.472 e. The molecule has 0 radical (unpaired) electrons. The van der Waals surface area contributed by atoms with Gasteiger partial charge < -0.3 is 15.2 Å². The van der Waals surface area contributed by atoms with Gasteiger partial charge in [-0.3, -0.25) is 4.79 Å². The van der Waals surface area contributed by atoms with Crippen molar-refractivity contribution in [3.8, 4) is 11.6 Å². The molecule has 30 heavy (non-hydrogen) atoms. The molecular formula is C23H17N3O4. The number of aromatic nitrogens is 2. The minimum Gasteiger partial charge on any atom is -0.472 e. The molecule has 0 aliphatic carbocycles. The lowest BCUT2D eigenvalue weighted by atomic mass is 10.1. The van der Waals surface area contributed by atoms with Crippen LogP contribution in [0.15, 0.2) is 79.1 Å². The minimum atomic E-state index is -0.574. The second-order valence-electron chi connectivity index (χ2n) is 6.44. The van der Waals surface area contributed by atoms with Gasteiger partial charge in [0.2, 0.25) is 5.88 Å². The van der Waals surface area contributed by atoms with E-state index < -0.39 is 11.9 Å². The van der Waals surface area contributed by atoms with E-state index in [1.165, 1.54) is 6.33 Å². The number of para-hydroxylation sites is 2. The predicted octanol–water partition coefficient (Wildman–Crippen LogP) is 3.53. The molecule has 0 aliphatic heterocycles. The van der Waals surface area contributed by atoms with Crippen LogP contribution in [0.4, 0.5) is 0 Å². The Morgan fingerprint density at radius 1 is 0.900 bits per heavy atom. The first-order valence-electron chi connectivity index (χ1n) is 9.14. The first kappa shape index (κ1) is 19.1. The third kappa shape index (κ3) is 4.10. The van der Waals surface area contributed by atoms with E-state index >= 15 is 0 Å². The molecule has 7 nitrogen and oxygen atoms in total. The van der Waals surface area contributed by atoms with Crippen LogP contribution in [0.25, 0.3) is 10.9 Å². The van der Waals surface area contributed by atoms with Crippen LogP contribution < -0.4 is 15.2 Å². The molecule has 3 aromatic carbocycles. The highest BCUT2D eigenvalue weighted by Gasteiger charge is 2.13. The van der Waals surface area contributed by atoms with Crippen molar-refractivity contribution >= 4 is 22.8 Å². The standard InChI is InChI=1S/C23H17N3O4/c24-21(27)18-10-5-11-19-20(18)25-14-26-22(19)29-13-15-6-4-7-16(12-15)23(28)30-17-8-2-1-3-9-17/h1-12,14H,13H2,(H2,24,27). The summed E-state index contributed by atoms with van der Waals surface area (Å²) in [6.07, 6.45) is 1.32. The number of esters is 1. The van der Waals surface area contributed by atoms with Gasteiger partial charge in [-0.2, -0.15) is 0 Å². The van der Waals surface area contributed by atoms with E-state index in [1.54, 1.807) is 60.7 Å². The number of fused-ring (bicyclic) bond motifs is 1. The Labute approximate surface area is 172 Å². The molecule has 1 aromatic heterocycles. The molecule has 4 aromatic rings. The van der Waals surface area contributed by atoms with E-state index in [9.17, 15) is 9.59 Å². The number of hydrogen-bond acceptors (Lipinski definition) is 6. The van der Waals surface area contributed by atoms with Crippen molar-refractivity contribution in [1.29, 1.82) is 0 Å². The topological polar surface area (TPSA) is 104 Å². The summed E-state index contributed by atoms with van der Waals surface area (Å²) in [7, 11) is 0. The second kappa shape index (κ2) is 8.40. The fourth-order valence-electron chi connectivity index (χ4n) is 2.97. The molecule has 4 rings (SSSR count). The summed E-state index contributed by atoms with van der Waals surface area (Å²) in [5.74, 6) is -0.237. The fraction of sp³-hybridized carbons (Fsp3) is 0.0435. The van der Waals surface area contributed by atoms with Crippen LogP contribution in [0.1, 0.15) is 26.3 Å². The monoisotopic (exact) mass is 399 g/mol. The van der Waals surface area contributed by atoms with E-state index in [1.807, 2.05) is 12.1 Å². The summed E-state index contributed by atoms with van der Waals surface area (Å²) in [4.78, 5) is 32.3. The molecule has 148 valence electrons. The molecule has 0 saturated carbocycles. The third-order valence-electron chi connectivity index (χ3n) is 4.39. The third-order valence-corrected chi connectivity index (χ3v) is 4.39. The Hall–Kier alpha value is -4.26. The van der Waals surface area contributed by atoms with Gasteiger partial charge in [0.25, 0.3) is 5.91 Å². The Morgan fingerprint density at radius 3 is 2.50 bits per heavy atom. The van der Waals surface area contributed by atoms with Crippen LogP contribution >= 0.6 is 0 Å². The molecule has 0 aliphatic rings. The maximum atomic E-state index is 12.4. The van der Waals surface area contributed by atoms with Gasteiger partial charge in [-0.1, -0.05) is 36.4 Å². The highest BCUT2D eigenvalue weighted by atomic mass is 16.5. The molecule has 0 atom stereocenters. The molecule has 2 N–H and O–H groups in total. The number of hydrogen-bond donors (Lipinski definition) is 1. The van der Waals surface area contributed by atoms with Crippen LogP contribution in [-0.2, 0) is 6.61 Å². The number of ether oxygens (including phenoxy) is 2. The summed E-state index contributed by atoms with van der Waals surface area (Å²) in [6.45, 7) is 0.166. The smallest absolute Gasteiger partial charge is 0.343 e. The minimum absolute atomic E-state index is 0.166. The summed E-state index contributed by atoms with van der Waals surface area (Å²) in [5.41, 5.74) is 7.30. The van der Waals surface area contributed by atoms with E-state index in [-0.39, 0.29) is 6.61 Å². The molecule has 1 amide bonds. The molecule has 1 heterocycles. The second-order valence-corrected chi connectivity index (χ2v) is 6.44. The molecule has 0 saturated heterocycles. The van der Waals surface area contributed by atoms with Gasteiger partial charge in [-0.25, -0.2) is 14.8 Å². The van der Waals surface area contributed by atoms with Gasteiger partial charge in [-0.15, -0.1) is 0 Å². The first-order chi connectivity index (χ1) is 14.6. The summed E-state index contributed by atoms with van der Waals surface area (Å²) in [5, 5.41) is 0.577. The van der Waals surface area contributed by atoms with Crippen LogP contribution in [-0.4, -0.2) is 21.8 Å². The van der Waals surface area contributed by atoms with Gasteiger partial charge in [0, 0.05) is 0 Å². The van der Waals surface area contributed by atoms with E-state index in [2.05, 4.69) is 9.97 Å². The van der Waals surface area contributed by atoms with Gasteiger partial charge in [-0.05, 0) is 42.0 Å². The zero-order valence-electron chi connectivity index (χ0n) is 15.8. The molecule has 0 bridgehead atoms. The average Bonchev–Trinajstić information content (AvgIpc) is 2.78. The number of amides is 1. The van der Waals surface area contributed by atoms with Crippen molar-refractivity contribution in [2.75, 3.05) is 0 Å². The maximum absolute atomic E-state index is 12.4. The van der Waals surface area contributed by atoms with Crippen molar-refractivity contribution < 1.29 is 19.1 Å². The number of carbonyl (C=O) groups excluding carboxylic acids is 2. The van der Waals surface area contributed by atoms with Crippen molar-refractivity contribution in [2.45, 2.75) is 6.61 Å². The number of benzene rings is 3. The molecule has 0 fully saturated rings. The number of rotatable bonds is 6. The number of primary amides is 1. The molecule has 0 unspecified atom stereocenters. The fourth-order valence-corrected chi connectivity index (χ4v) is 2.97. The van der Waals surface area contributed by atoms with Gasteiger partial charge in [0.1, 0.15) is 18.7 Å². The Kier molecular flexibility index (Phi) is 5.34. The molecule has 0 spiro atoms. The van der Waals surface area contributed by atoms with Crippen molar-refractivity contribution in [1.82, 2.24) is 9.97 Å². The van der Waals surface area contributed by atoms with E-state index in [0.29, 0.717) is 33.7 Å². The molecule has 7 heteroatoms. The molecular weight excluding hydrogens is 382 g/mol. The summed E-state index contributed by atoms with van der Waals surface area (Å²) < 4.78 is 11.2. The van der Waals surface area contributed by atoms with Crippen LogP contribution in [0, 0.1) is 0 Å². The van der Waals surface area contributed by atoms with Crippen LogP contribution in [0.3, 0.4) is 0 Å². The highest BCUT2D eigenvalue weighted by molar-refractivity contribution is 6.05. The van der Waals surface area contributed by atoms with E-state index in [0.717, 1.165) is 5.56 Å². The van der Waals surface area contributed by atoms with E-state index in [4.69, 9.17) is 15.2 Å². The Balaban J connectivity index is 1.52. The first-order valence-corrected chi connectivity index (χ1v) is 9.14. The average molecular weight is 399 g/mol.